The molecule has 0 saturated carbocycles. The third-order valence-electron chi connectivity index (χ3n) is 3.65. The second-order valence-corrected chi connectivity index (χ2v) is 5.45. The number of phenolic OH excluding ortho intramolecular Hbond substituents is 1. The molecule has 3 rings (SSSR count). The largest absolute Gasteiger partial charge is 0.503 e. The Kier molecular flexibility index (Phi) is 4.03. The van der Waals surface area contributed by atoms with Gasteiger partial charge in [0.2, 0.25) is 0 Å². The van der Waals surface area contributed by atoms with Gasteiger partial charge in [0, 0.05) is 24.6 Å². The molecule has 1 aromatic heterocycles. The molecule has 1 aliphatic heterocycles. The molecular formula is C15H17ClN2O3. The molecule has 5 nitrogen and oxygen atoms in total. The first-order valence-corrected chi connectivity index (χ1v) is 7.26. The number of phenols is 1. The lowest BCUT2D eigenvalue weighted by Gasteiger charge is -2.14. The van der Waals surface area contributed by atoms with Crippen LogP contribution in [0.5, 0.6) is 11.5 Å². The standard InChI is InChI=1S/C15H17ClN2O3/c1-20-13-8-10(7-12(16)14(13)19)15-17-4-5-18(15)9-11-3-2-6-21-11/h4-5,7-8,11,19H,2-3,6,9H2,1H3. The van der Waals surface area contributed by atoms with Crippen molar-refractivity contribution in [1.82, 2.24) is 9.55 Å². The Morgan fingerprint density at radius 2 is 2.38 bits per heavy atom. The van der Waals surface area contributed by atoms with Crippen LogP contribution in [-0.4, -0.2) is 34.5 Å². The van der Waals surface area contributed by atoms with E-state index in [1.807, 2.05) is 10.8 Å². The van der Waals surface area contributed by atoms with Crippen molar-refractivity contribution in [3.8, 4) is 22.9 Å². The lowest BCUT2D eigenvalue weighted by Crippen LogP contribution is -2.15. The Balaban J connectivity index is 1.93. The number of benzene rings is 1. The molecule has 1 aliphatic rings. The highest BCUT2D eigenvalue weighted by Gasteiger charge is 2.19. The topological polar surface area (TPSA) is 56.5 Å². The number of hydrogen-bond donors (Lipinski definition) is 1. The number of nitrogens with zero attached hydrogens (tertiary/aromatic N) is 2. The highest BCUT2D eigenvalue weighted by molar-refractivity contribution is 6.32. The molecule has 2 aromatic rings. The van der Waals surface area contributed by atoms with E-state index < -0.39 is 0 Å². The van der Waals surface area contributed by atoms with Gasteiger partial charge in [0.1, 0.15) is 5.82 Å². The van der Waals surface area contributed by atoms with Crippen molar-refractivity contribution in [2.75, 3.05) is 13.7 Å². The van der Waals surface area contributed by atoms with Gasteiger partial charge in [-0.15, -0.1) is 0 Å². The lowest BCUT2D eigenvalue weighted by molar-refractivity contribution is 0.0974. The quantitative estimate of drug-likeness (QED) is 0.943. The minimum Gasteiger partial charge on any atom is -0.503 e. The molecule has 6 heteroatoms. The van der Waals surface area contributed by atoms with Crippen LogP contribution in [0.1, 0.15) is 12.8 Å². The molecule has 0 bridgehead atoms. The number of methoxy groups -OCH3 is 1. The molecule has 1 saturated heterocycles. The SMILES string of the molecule is COc1cc(-c2nccn2CC2CCCO2)cc(Cl)c1O. The van der Waals surface area contributed by atoms with Crippen molar-refractivity contribution in [2.45, 2.75) is 25.5 Å². The van der Waals surface area contributed by atoms with Gasteiger partial charge in [-0.25, -0.2) is 4.98 Å². The third-order valence-corrected chi connectivity index (χ3v) is 3.93. The molecule has 1 N–H and O–H groups in total. The van der Waals surface area contributed by atoms with Crippen LogP contribution in [0, 0.1) is 0 Å². The fourth-order valence-electron chi connectivity index (χ4n) is 2.58. The average molecular weight is 309 g/mol. The van der Waals surface area contributed by atoms with Crippen LogP contribution in [0.2, 0.25) is 5.02 Å². The van der Waals surface area contributed by atoms with E-state index in [1.54, 1.807) is 18.3 Å². The minimum absolute atomic E-state index is 0.0554. The highest BCUT2D eigenvalue weighted by atomic mass is 35.5. The minimum atomic E-state index is -0.0554. The molecule has 112 valence electrons. The van der Waals surface area contributed by atoms with Crippen LogP contribution >= 0.6 is 11.6 Å². The highest BCUT2D eigenvalue weighted by Crippen LogP contribution is 2.38. The number of imidazole rings is 1. The lowest BCUT2D eigenvalue weighted by atomic mass is 10.1. The summed E-state index contributed by atoms with van der Waals surface area (Å²) in [6, 6.07) is 3.42. The van der Waals surface area contributed by atoms with Crippen molar-refractivity contribution in [3.63, 3.8) is 0 Å². The number of rotatable bonds is 4. The summed E-state index contributed by atoms with van der Waals surface area (Å²) in [4.78, 5) is 4.39. The van der Waals surface area contributed by atoms with E-state index in [9.17, 15) is 5.11 Å². The molecule has 1 aromatic carbocycles. The van der Waals surface area contributed by atoms with E-state index in [-0.39, 0.29) is 16.9 Å². The Morgan fingerprint density at radius 1 is 1.52 bits per heavy atom. The summed E-state index contributed by atoms with van der Waals surface area (Å²) in [5.41, 5.74) is 0.803. The monoisotopic (exact) mass is 308 g/mol. The fourth-order valence-corrected chi connectivity index (χ4v) is 2.79. The van der Waals surface area contributed by atoms with Crippen LogP contribution in [0.25, 0.3) is 11.4 Å². The molecule has 0 spiro atoms. The zero-order valence-electron chi connectivity index (χ0n) is 11.8. The third kappa shape index (κ3) is 2.84. The second-order valence-electron chi connectivity index (χ2n) is 5.05. The number of ether oxygens (including phenoxy) is 2. The van der Waals surface area contributed by atoms with Crippen LogP contribution < -0.4 is 4.74 Å². The molecular weight excluding hydrogens is 292 g/mol. The van der Waals surface area contributed by atoms with Gasteiger partial charge < -0.3 is 19.1 Å². The van der Waals surface area contributed by atoms with Crippen molar-refractivity contribution in [1.29, 1.82) is 0 Å². The molecule has 0 aliphatic carbocycles. The van der Waals surface area contributed by atoms with Crippen molar-refractivity contribution < 1.29 is 14.6 Å². The van der Waals surface area contributed by atoms with Gasteiger partial charge in [-0.2, -0.15) is 0 Å². The van der Waals surface area contributed by atoms with E-state index >= 15 is 0 Å². The molecule has 1 fully saturated rings. The Hall–Kier alpha value is -1.72. The first-order chi connectivity index (χ1) is 10.2. The Morgan fingerprint density at radius 3 is 3.10 bits per heavy atom. The maximum Gasteiger partial charge on any atom is 0.176 e. The summed E-state index contributed by atoms with van der Waals surface area (Å²) < 4.78 is 12.8. The number of aromatic nitrogens is 2. The van der Waals surface area contributed by atoms with Crippen molar-refractivity contribution >= 4 is 11.6 Å². The predicted octanol–water partition coefficient (Wildman–Crippen LogP) is 3.10. The molecule has 0 radical (unpaired) electrons. The first kappa shape index (κ1) is 14.2. The molecule has 0 amide bonds. The van der Waals surface area contributed by atoms with Crippen molar-refractivity contribution in [2.24, 2.45) is 0 Å². The maximum absolute atomic E-state index is 9.81. The summed E-state index contributed by atoms with van der Waals surface area (Å²) in [6.45, 7) is 1.59. The van der Waals surface area contributed by atoms with Crippen LogP contribution in [0.15, 0.2) is 24.5 Å². The summed E-state index contributed by atoms with van der Waals surface area (Å²) in [5.74, 6) is 1.06. The van der Waals surface area contributed by atoms with E-state index in [4.69, 9.17) is 21.1 Å². The van der Waals surface area contributed by atoms with E-state index in [0.717, 1.165) is 37.4 Å². The number of hydrogen-bond acceptors (Lipinski definition) is 4. The zero-order chi connectivity index (χ0) is 14.8. The first-order valence-electron chi connectivity index (χ1n) is 6.88. The Bertz CT molecular complexity index is 636. The smallest absolute Gasteiger partial charge is 0.176 e. The number of aromatic hydroxyl groups is 1. The van der Waals surface area contributed by atoms with Crippen LogP contribution in [0.3, 0.4) is 0 Å². The molecule has 1 unspecified atom stereocenters. The second kappa shape index (κ2) is 5.95. The average Bonchev–Trinajstić information content (AvgIpc) is 3.14. The van der Waals surface area contributed by atoms with Crippen LogP contribution in [0.4, 0.5) is 0 Å². The predicted molar refractivity (Wildman–Crippen MR) is 79.9 cm³/mol. The zero-order valence-corrected chi connectivity index (χ0v) is 12.5. The summed E-state index contributed by atoms with van der Waals surface area (Å²) in [7, 11) is 1.49. The van der Waals surface area contributed by atoms with Crippen molar-refractivity contribution in [3.05, 3.63) is 29.5 Å². The summed E-state index contributed by atoms with van der Waals surface area (Å²) in [6.07, 6.45) is 6.07. The summed E-state index contributed by atoms with van der Waals surface area (Å²) >= 11 is 6.05. The van der Waals surface area contributed by atoms with Gasteiger partial charge in [-0.1, -0.05) is 11.6 Å². The number of halogens is 1. The van der Waals surface area contributed by atoms with Gasteiger partial charge >= 0.3 is 0 Å². The normalized spacial score (nSPS) is 18.1. The molecule has 1 atom stereocenters. The fraction of sp³-hybridized carbons (Fsp3) is 0.400. The maximum atomic E-state index is 9.81. The summed E-state index contributed by atoms with van der Waals surface area (Å²) in [5, 5.41) is 10.1. The molecule has 21 heavy (non-hydrogen) atoms. The van der Waals surface area contributed by atoms with E-state index in [2.05, 4.69) is 4.98 Å². The van der Waals surface area contributed by atoms with Gasteiger partial charge in [0.15, 0.2) is 11.5 Å². The van der Waals surface area contributed by atoms with Gasteiger partial charge in [-0.05, 0) is 25.0 Å². The molecule has 2 heterocycles. The van der Waals surface area contributed by atoms with E-state index in [1.165, 1.54) is 7.11 Å². The van der Waals surface area contributed by atoms with Gasteiger partial charge in [0.25, 0.3) is 0 Å². The van der Waals surface area contributed by atoms with Crippen LogP contribution in [-0.2, 0) is 11.3 Å². The Labute approximate surface area is 128 Å². The van der Waals surface area contributed by atoms with Gasteiger partial charge in [-0.3, -0.25) is 0 Å². The van der Waals surface area contributed by atoms with E-state index in [0.29, 0.717) is 5.75 Å². The van der Waals surface area contributed by atoms with Gasteiger partial charge in [0.05, 0.1) is 24.8 Å².